The van der Waals surface area contributed by atoms with Gasteiger partial charge in [0.1, 0.15) is 22.8 Å². The summed E-state index contributed by atoms with van der Waals surface area (Å²) in [5, 5.41) is 21.2. The lowest BCUT2D eigenvalue weighted by Gasteiger charge is -2.43. The normalized spacial score (nSPS) is 32.9. The van der Waals surface area contributed by atoms with E-state index in [-0.39, 0.29) is 28.4 Å². The standard InChI is InChI=1S/C23H30O5/c1-12(2)7-14-8-23(6-5-22(13(3)4)9-17(22)23)28-21-16(11-25)19(26)15(10-24)20(27)18(14)21/h10-14,17,26-27H,5-9H2,1-4H3/t14-,17-,22-,23+/m1/s1. The largest absolute Gasteiger partial charge is 0.507 e. The van der Waals surface area contributed by atoms with E-state index in [4.69, 9.17) is 4.74 Å². The van der Waals surface area contributed by atoms with E-state index in [2.05, 4.69) is 27.7 Å². The molecule has 1 aromatic rings. The first-order valence-electron chi connectivity index (χ1n) is 10.4. The van der Waals surface area contributed by atoms with E-state index in [0.29, 0.717) is 47.1 Å². The molecule has 5 nitrogen and oxygen atoms in total. The zero-order chi connectivity index (χ0) is 20.4. The third-order valence-corrected chi connectivity index (χ3v) is 7.72. The Morgan fingerprint density at radius 2 is 1.71 bits per heavy atom. The molecule has 1 aromatic carbocycles. The first-order valence-corrected chi connectivity index (χ1v) is 10.4. The zero-order valence-corrected chi connectivity index (χ0v) is 17.1. The number of hydrogen-bond donors (Lipinski definition) is 2. The van der Waals surface area contributed by atoms with E-state index in [1.165, 1.54) is 0 Å². The SMILES string of the molecule is CC(C)C[C@@H]1C[C@]2(CC[C@]3(C(C)C)C[C@@H]23)Oc2c(C=O)c(O)c(C=O)c(O)c21. The highest BCUT2D eigenvalue weighted by molar-refractivity contribution is 5.95. The maximum atomic E-state index is 11.8. The number of aromatic hydroxyl groups is 2. The van der Waals surface area contributed by atoms with Gasteiger partial charge in [0.25, 0.3) is 0 Å². The molecule has 0 amide bonds. The third kappa shape index (κ3) is 2.44. The summed E-state index contributed by atoms with van der Waals surface area (Å²) in [6.45, 7) is 8.80. The molecule has 28 heavy (non-hydrogen) atoms. The highest BCUT2D eigenvalue weighted by atomic mass is 16.5. The molecule has 0 unspecified atom stereocenters. The van der Waals surface area contributed by atoms with Gasteiger partial charge in [0.05, 0.1) is 11.1 Å². The smallest absolute Gasteiger partial charge is 0.157 e. The van der Waals surface area contributed by atoms with Gasteiger partial charge in [-0.3, -0.25) is 9.59 Å². The van der Waals surface area contributed by atoms with Crippen LogP contribution in [0.4, 0.5) is 0 Å². The third-order valence-electron chi connectivity index (χ3n) is 7.72. The van der Waals surface area contributed by atoms with E-state index in [1.54, 1.807) is 0 Å². The van der Waals surface area contributed by atoms with Crippen molar-refractivity contribution in [3.8, 4) is 17.2 Å². The molecule has 2 aliphatic carbocycles. The Morgan fingerprint density at radius 3 is 2.21 bits per heavy atom. The van der Waals surface area contributed by atoms with Crippen LogP contribution < -0.4 is 4.74 Å². The van der Waals surface area contributed by atoms with E-state index in [9.17, 15) is 19.8 Å². The molecule has 5 heteroatoms. The van der Waals surface area contributed by atoms with Gasteiger partial charge in [0, 0.05) is 11.5 Å². The Balaban J connectivity index is 1.88. The lowest BCUT2D eigenvalue weighted by Crippen LogP contribution is -2.42. The molecule has 1 heterocycles. The summed E-state index contributed by atoms with van der Waals surface area (Å²) in [7, 11) is 0. The Labute approximate surface area is 166 Å². The first kappa shape index (κ1) is 19.3. The molecule has 0 bridgehead atoms. The molecule has 3 aliphatic rings. The second kappa shape index (κ2) is 6.23. The van der Waals surface area contributed by atoms with Crippen LogP contribution in [0.2, 0.25) is 0 Å². The summed E-state index contributed by atoms with van der Waals surface area (Å²) < 4.78 is 6.54. The van der Waals surface area contributed by atoms with Crippen LogP contribution in [-0.4, -0.2) is 28.4 Å². The minimum Gasteiger partial charge on any atom is -0.507 e. The summed E-state index contributed by atoms with van der Waals surface area (Å²) in [6, 6.07) is 0. The van der Waals surface area contributed by atoms with Crippen LogP contribution in [0.1, 0.15) is 92.0 Å². The molecule has 0 saturated heterocycles. The van der Waals surface area contributed by atoms with Gasteiger partial charge in [-0.1, -0.05) is 27.7 Å². The number of fused-ring (bicyclic) bond motifs is 3. The Morgan fingerprint density at radius 1 is 1.04 bits per heavy atom. The van der Waals surface area contributed by atoms with E-state index >= 15 is 0 Å². The van der Waals surface area contributed by atoms with Crippen molar-refractivity contribution in [2.24, 2.45) is 23.2 Å². The molecule has 152 valence electrons. The molecule has 1 spiro atoms. The average molecular weight is 386 g/mol. The topological polar surface area (TPSA) is 83.8 Å². The quantitative estimate of drug-likeness (QED) is 0.708. The summed E-state index contributed by atoms with van der Waals surface area (Å²) in [5.74, 6) is 0.968. The number of ether oxygens (including phenoxy) is 1. The van der Waals surface area contributed by atoms with Crippen molar-refractivity contribution < 1.29 is 24.5 Å². The van der Waals surface area contributed by atoms with E-state index in [0.717, 1.165) is 32.1 Å². The molecule has 2 N–H and O–H groups in total. The lowest BCUT2D eigenvalue weighted by molar-refractivity contribution is 0.0145. The summed E-state index contributed by atoms with van der Waals surface area (Å²) >= 11 is 0. The highest BCUT2D eigenvalue weighted by Crippen LogP contribution is 2.74. The fourth-order valence-electron chi connectivity index (χ4n) is 6.23. The van der Waals surface area contributed by atoms with Gasteiger partial charge in [-0.25, -0.2) is 0 Å². The van der Waals surface area contributed by atoms with E-state index < -0.39 is 5.75 Å². The molecule has 2 saturated carbocycles. The van der Waals surface area contributed by atoms with Gasteiger partial charge >= 0.3 is 0 Å². The number of rotatable bonds is 5. The van der Waals surface area contributed by atoms with Crippen molar-refractivity contribution in [3.05, 3.63) is 16.7 Å². The Bertz CT molecular complexity index is 842. The molecular formula is C23H30O5. The number of phenolic OH excluding ortho intramolecular Hbond substituents is 2. The second-order valence-corrected chi connectivity index (χ2v) is 9.85. The summed E-state index contributed by atoms with van der Waals surface area (Å²) in [4.78, 5) is 23.3. The summed E-state index contributed by atoms with van der Waals surface area (Å²) in [5.41, 5.74) is 0.252. The number of carbonyl (C=O) groups is 2. The fourth-order valence-corrected chi connectivity index (χ4v) is 6.23. The monoisotopic (exact) mass is 386 g/mol. The lowest BCUT2D eigenvalue weighted by atomic mass is 9.75. The maximum Gasteiger partial charge on any atom is 0.157 e. The van der Waals surface area contributed by atoms with Gasteiger partial charge in [0.2, 0.25) is 0 Å². The van der Waals surface area contributed by atoms with Crippen molar-refractivity contribution in [2.45, 2.75) is 71.3 Å². The van der Waals surface area contributed by atoms with Gasteiger partial charge in [0.15, 0.2) is 12.6 Å². The maximum absolute atomic E-state index is 11.8. The summed E-state index contributed by atoms with van der Waals surface area (Å²) in [6.07, 6.45) is 5.74. The van der Waals surface area contributed by atoms with Crippen LogP contribution in [0.5, 0.6) is 17.2 Å². The van der Waals surface area contributed by atoms with Crippen LogP contribution in [0.25, 0.3) is 0 Å². The van der Waals surface area contributed by atoms with Crippen LogP contribution in [0.15, 0.2) is 0 Å². The first-order chi connectivity index (χ1) is 13.2. The molecule has 2 fully saturated rings. The van der Waals surface area contributed by atoms with Gasteiger partial charge in [-0.2, -0.15) is 0 Å². The number of aldehydes is 2. The zero-order valence-electron chi connectivity index (χ0n) is 17.1. The molecule has 0 radical (unpaired) electrons. The number of carbonyl (C=O) groups excluding carboxylic acids is 2. The number of hydrogen-bond acceptors (Lipinski definition) is 5. The van der Waals surface area contributed by atoms with Crippen molar-refractivity contribution in [2.75, 3.05) is 0 Å². The van der Waals surface area contributed by atoms with Crippen molar-refractivity contribution in [1.29, 1.82) is 0 Å². The highest BCUT2D eigenvalue weighted by Gasteiger charge is 2.71. The minimum atomic E-state index is -0.481. The van der Waals surface area contributed by atoms with Crippen LogP contribution in [0.3, 0.4) is 0 Å². The average Bonchev–Trinajstić information content (AvgIpc) is 3.30. The van der Waals surface area contributed by atoms with Crippen LogP contribution in [-0.2, 0) is 0 Å². The van der Waals surface area contributed by atoms with Gasteiger partial charge in [-0.15, -0.1) is 0 Å². The number of benzene rings is 1. The predicted molar refractivity (Wildman–Crippen MR) is 105 cm³/mol. The van der Waals surface area contributed by atoms with Crippen molar-refractivity contribution in [1.82, 2.24) is 0 Å². The molecule has 4 rings (SSSR count). The Kier molecular flexibility index (Phi) is 4.29. The van der Waals surface area contributed by atoms with Crippen molar-refractivity contribution >= 4 is 12.6 Å². The van der Waals surface area contributed by atoms with Gasteiger partial charge in [-0.05, 0) is 55.3 Å². The van der Waals surface area contributed by atoms with Crippen molar-refractivity contribution in [3.63, 3.8) is 0 Å². The minimum absolute atomic E-state index is 0.00886. The molecular weight excluding hydrogens is 356 g/mol. The molecule has 0 aromatic heterocycles. The second-order valence-electron chi connectivity index (χ2n) is 9.85. The predicted octanol–water partition coefficient (Wildman–Crippen LogP) is 4.83. The molecule has 4 atom stereocenters. The Hall–Kier alpha value is -2.04. The fraction of sp³-hybridized carbons (Fsp3) is 0.652. The van der Waals surface area contributed by atoms with Gasteiger partial charge < -0.3 is 14.9 Å². The van der Waals surface area contributed by atoms with E-state index in [1.807, 2.05) is 0 Å². The van der Waals surface area contributed by atoms with Crippen LogP contribution in [0, 0.1) is 23.2 Å². The number of phenols is 2. The molecule has 1 aliphatic heterocycles. The van der Waals surface area contributed by atoms with Crippen LogP contribution >= 0.6 is 0 Å².